The molecule has 4 nitrogen and oxygen atoms in total. The normalized spacial score (nSPS) is 12.5. The molecule has 0 aliphatic rings. The summed E-state index contributed by atoms with van der Waals surface area (Å²) in [5, 5.41) is 8.55. The minimum Gasteiger partial charge on any atom is -0.481 e. The molecule has 1 atom stereocenters. The van der Waals surface area contributed by atoms with E-state index in [2.05, 4.69) is 0 Å². The minimum atomic E-state index is -0.939. The monoisotopic (exact) mass is 159 g/mol. The quantitative estimate of drug-likeness (QED) is 0.607. The predicted octanol–water partition coefficient (Wildman–Crippen LogP) is 0.363. The Labute approximate surface area is 65.4 Å². The maximum absolute atomic E-state index is 10.4. The van der Waals surface area contributed by atoms with Crippen molar-refractivity contribution in [1.82, 2.24) is 0 Å². The number of hydrogen-bond donors (Lipinski definition) is 2. The molecule has 0 aliphatic heterocycles. The maximum Gasteiger partial charge on any atom is 0.307 e. The molecular formula is C7H13NO3. The van der Waals surface area contributed by atoms with Crippen molar-refractivity contribution in [2.75, 3.05) is 0 Å². The number of hydrogen-bond acceptors (Lipinski definition) is 2. The van der Waals surface area contributed by atoms with Crippen LogP contribution in [0.25, 0.3) is 0 Å². The van der Waals surface area contributed by atoms with Crippen LogP contribution in [0.5, 0.6) is 0 Å². The second kappa shape index (κ2) is 4.71. The van der Waals surface area contributed by atoms with Crippen LogP contribution >= 0.6 is 0 Å². The topological polar surface area (TPSA) is 80.4 Å². The SMILES string of the molecule is CCCC(CC(N)=O)C(=O)O. The van der Waals surface area contributed by atoms with Gasteiger partial charge in [-0.2, -0.15) is 0 Å². The van der Waals surface area contributed by atoms with E-state index in [1.165, 1.54) is 0 Å². The fourth-order valence-corrected chi connectivity index (χ4v) is 0.904. The van der Waals surface area contributed by atoms with Gasteiger partial charge in [0, 0.05) is 6.42 Å². The summed E-state index contributed by atoms with van der Waals surface area (Å²) >= 11 is 0. The number of rotatable bonds is 5. The number of carboxylic acids is 1. The van der Waals surface area contributed by atoms with E-state index in [4.69, 9.17) is 10.8 Å². The van der Waals surface area contributed by atoms with E-state index >= 15 is 0 Å². The Bertz CT molecular complexity index is 156. The number of aliphatic carboxylic acids is 1. The average Bonchev–Trinajstić information content (AvgIpc) is 1.86. The van der Waals surface area contributed by atoms with Gasteiger partial charge in [0.2, 0.25) is 5.91 Å². The van der Waals surface area contributed by atoms with Crippen LogP contribution in [-0.2, 0) is 9.59 Å². The molecule has 11 heavy (non-hydrogen) atoms. The third kappa shape index (κ3) is 4.36. The molecule has 0 heterocycles. The van der Waals surface area contributed by atoms with Crippen molar-refractivity contribution in [2.45, 2.75) is 26.2 Å². The van der Waals surface area contributed by atoms with Crippen molar-refractivity contribution >= 4 is 11.9 Å². The van der Waals surface area contributed by atoms with E-state index in [9.17, 15) is 9.59 Å². The highest BCUT2D eigenvalue weighted by Crippen LogP contribution is 2.10. The van der Waals surface area contributed by atoms with Crippen LogP contribution in [0.3, 0.4) is 0 Å². The molecule has 0 aliphatic carbocycles. The molecule has 0 rings (SSSR count). The molecule has 3 N–H and O–H groups in total. The lowest BCUT2D eigenvalue weighted by molar-refractivity contribution is -0.143. The number of primary amides is 1. The van der Waals surface area contributed by atoms with Gasteiger partial charge in [-0.25, -0.2) is 0 Å². The molecule has 0 fully saturated rings. The third-order valence-electron chi connectivity index (χ3n) is 1.43. The molecule has 0 saturated heterocycles. The van der Waals surface area contributed by atoms with Crippen LogP contribution < -0.4 is 5.73 Å². The van der Waals surface area contributed by atoms with E-state index < -0.39 is 17.8 Å². The molecule has 0 spiro atoms. The van der Waals surface area contributed by atoms with Gasteiger partial charge in [0.15, 0.2) is 0 Å². The highest BCUT2D eigenvalue weighted by molar-refractivity contribution is 5.80. The molecule has 0 bridgehead atoms. The summed E-state index contributed by atoms with van der Waals surface area (Å²) in [4.78, 5) is 20.8. The van der Waals surface area contributed by atoms with E-state index in [1.807, 2.05) is 6.92 Å². The first-order chi connectivity index (χ1) is 5.07. The molecule has 1 unspecified atom stereocenters. The molecular weight excluding hydrogens is 146 g/mol. The highest BCUT2D eigenvalue weighted by atomic mass is 16.4. The van der Waals surface area contributed by atoms with Crippen molar-refractivity contribution in [2.24, 2.45) is 11.7 Å². The molecule has 0 aromatic rings. The summed E-state index contributed by atoms with van der Waals surface area (Å²) in [6.07, 6.45) is 1.21. The molecule has 1 amide bonds. The van der Waals surface area contributed by atoms with Crippen molar-refractivity contribution in [1.29, 1.82) is 0 Å². The Morgan fingerprint density at radius 2 is 2.09 bits per heavy atom. The molecule has 0 aromatic heterocycles. The first-order valence-corrected chi connectivity index (χ1v) is 3.59. The number of carboxylic acid groups (broad SMARTS) is 1. The van der Waals surface area contributed by atoms with Crippen LogP contribution in [-0.4, -0.2) is 17.0 Å². The summed E-state index contributed by atoms with van der Waals surface area (Å²) in [5.74, 6) is -2.09. The number of nitrogens with two attached hydrogens (primary N) is 1. The van der Waals surface area contributed by atoms with Crippen molar-refractivity contribution in [3.63, 3.8) is 0 Å². The van der Waals surface area contributed by atoms with Crippen LogP contribution in [0.1, 0.15) is 26.2 Å². The van der Waals surface area contributed by atoms with Crippen LogP contribution in [0, 0.1) is 5.92 Å². The van der Waals surface area contributed by atoms with Crippen LogP contribution in [0.2, 0.25) is 0 Å². The van der Waals surface area contributed by atoms with E-state index in [0.29, 0.717) is 6.42 Å². The summed E-state index contributed by atoms with van der Waals surface area (Å²) < 4.78 is 0. The van der Waals surface area contributed by atoms with E-state index in [1.54, 1.807) is 0 Å². The van der Waals surface area contributed by atoms with Gasteiger partial charge < -0.3 is 10.8 Å². The van der Waals surface area contributed by atoms with Crippen LogP contribution in [0.15, 0.2) is 0 Å². The lowest BCUT2D eigenvalue weighted by atomic mass is 10.00. The van der Waals surface area contributed by atoms with E-state index in [-0.39, 0.29) is 6.42 Å². The van der Waals surface area contributed by atoms with Crippen LogP contribution in [0.4, 0.5) is 0 Å². The number of amides is 1. The number of carbonyl (C=O) groups excluding carboxylic acids is 1. The van der Waals surface area contributed by atoms with Gasteiger partial charge in [0.1, 0.15) is 0 Å². The standard InChI is InChI=1S/C7H13NO3/c1-2-3-5(7(10)11)4-6(8)9/h5H,2-4H2,1H3,(H2,8,9)(H,10,11). The molecule has 0 saturated carbocycles. The Morgan fingerprint density at radius 1 is 1.55 bits per heavy atom. The zero-order valence-corrected chi connectivity index (χ0v) is 6.54. The molecule has 0 radical (unpaired) electrons. The molecule has 64 valence electrons. The summed E-state index contributed by atoms with van der Waals surface area (Å²) in [7, 11) is 0. The Balaban J connectivity index is 3.89. The van der Waals surface area contributed by atoms with Gasteiger partial charge >= 0.3 is 5.97 Å². The van der Waals surface area contributed by atoms with Gasteiger partial charge in [-0.1, -0.05) is 13.3 Å². The summed E-state index contributed by atoms with van der Waals surface area (Å²) in [6, 6.07) is 0. The minimum absolute atomic E-state index is 0.0524. The summed E-state index contributed by atoms with van der Waals surface area (Å²) in [6.45, 7) is 1.87. The van der Waals surface area contributed by atoms with E-state index in [0.717, 1.165) is 6.42 Å². The number of carbonyl (C=O) groups is 2. The second-order valence-electron chi connectivity index (χ2n) is 2.49. The van der Waals surface area contributed by atoms with Gasteiger partial charge in [0.25, 0.3) is 0 Å². The Hall–Kier alpha value is -1.06. The zero-order chi connectivity index (χ0) is 8.85. The summed E-state index contributed by atoms with van der Waals surface area (Å²) in [5.41, 5.74) is 4.86. The Morgan fingerprint density at radius 3 is 2.36 bits per heavy atom. The lowest BCUT2D eigenvalue weighted by Crippen LogP contribution is -2.22. The predicted molar refractivity (Wildman–Crippen MR) is 39.8 cm³/mol. The first kappa shape index (κ1) is 9.94. The van der Waals surface area contributed by atoms with Gasteiger partial charge in [-0.05, 0) is 6.42 Å². The fraction of sp³-hybridized carbons (Fsp3) is 0.714. The van der Waals surface area contributed by atoms with Gasteiger partial charge in [-0.15, -0.1) is 0 Å². The highest BCUT2D eigenvalue weighted by Gasteiger charge is 2.18. The van der Waals surface area contributed by atoms with Gasteiger partial charge in [0.05, 0.1) is 5.92 Å². The fourth-order valence-electron chi connectivity index (χ4n) is 0.904. The first-order valence-electron chi connectivity index (χ1n) is 3.59. The zero-order valence-electron chi connectivity index (χ0n) is 6.54. The molecule has 0 aromatic carbocycles. The third-order valence-corrected chi connectivity index (χ3v) is 1.43. The maximum atomic E-state index is 10.4. The Kier molecular flexibility index (Phi) is 4.26. The molecule has 4 heteroatoms. The second-order valence-corrected chi connectivity index (χ2v) is 2.49. The average molecular weight is 159 g/mol. The van der Waals surface area contributed by atoms with Crippen molar-refractivity contribution in [3.05, 3.63) is 0 Å². The van der Waals surface area contributed by atoms with Crippen molar-refractivity contribution in [3.8, 4) is 0 Å². The van der Waals surface area contributed by atoms with Gasteiger partial charge in [-0.3, -0.25) is 9.59 Å². The smallest absolute Gasteiger partial charge is 0.307 e. The largest absolute Gasteiger partial charge is 0.481 e. The lowest BCUT2D eigenvalue weighted by Gasteiger charge is -2.06. The van der Waals surface area contributed by atoms with Crippen molar-refractivity contribution < 1.29 is 14.7 Å².